The molecule has 3 N–H and O–H groups in total. The summed E-state index contributed by atoms with van der Waals surface area (Å²) in [7, 11) is 0. The van der Waals surface area contributed by atoms with Crippen molar-refractivity contribution < 1.29 is 0 Å². The zero-order valence-corrected chi connectivity index (χ0v) is 11.9. The fourth-order valence-electron chi connectivity index (χ4n) is 2.72. The first kappa shape index (κ1) is 12.8. The standard InChI is InChI=1S/C15H19N5/c1-9-10(2)20(8-18-9)15-12(14(16)17)7-11-5-3-4-6-13(11)19-15/h7-8H,3-6H2,1-2H3,(H3,16,17). The summed E-state index contributed by atoms with van der Waals surface area (Å²) in [6, 6.07) is 2.04. The normalized spacial score (nSPS) is 14.1. The molecule has 0 radical (unpaired) electrons. The van der Waals surface area contributed by atoms with Crippen LogP contribution in [0.4, 0.5) is 0 Å². The van der Waals surface area contributed by atoms with Gasteiger partial charge in [0.25, 0.3) is 0 Å². The molecule has 1 aliphatic carbocycles. The molecule has 104 valence electrons. The molecule has 2 heterocycles. The topological polar surface area (TPSA) is 80.6 Å². The lowest BCUT2D eigenvalue weighted by Crippen LogP contribution is -2.19. The number of nitrogens with zero attached hydrogens (tertiary/aromatic N) is 3. The van der Waals surface area contributed by atoms with Crippen LogP contribution in [0, 0.1) is 19.3 Å². The van der Waals surface area contributed by atoms with Crippen LogP contribution in [0.15, 0.2) is 12.4 Å². The molecular formula is C15H19N5. The zero-order valence-electron chi connectivity index (χ0n) is 11.9. The highest BCUT2D eigenvalue weighted by molar-refractivity contribution is 5.98. The number of aryl methyl sites for hydroxylation is 3. The molecule has 5 nitrogen and oxygen atoms in total. The lowest BCUT2D eigenvalue weighted by Gasteiger charge is -2.19. The van der Waals surface area contributed by atoms with E-state index in [-0.39, 0.29) is 5.84 Å². The minimum absolute atomic E-state index is 0.0617. The highest BCUT2D eigenvalue weighted by Gasteiger charge is 2.18. The Morgan fingerprint density at radius 3 is 2.70 bits per heavy atom. The highest BCUT2D eigenvalue weighted by Crippen LogP contribution is 2.25. The zero-order chi connectivity index (χ0) is 14.3. The minimum Gasteiger partial charge on any atom is -0.384 e. The van der Waals surface area contributed by atoms with Gasteiger partial charge < -0.3 is 5.73 Å². The first-order valence-corrected chi connectivity index (χ1v) is 6.96. The van der Waals surface area contributed by atoms with Crippen LogP contribution in [0.3, 0.4) is 0 Å². The second-order valence-corrected chi connectivity index (χ2v) is 5.37. The van der Waals surface area contributed by atoms with E-state index in [2.05, 4.69) is 4.98 Å². The molecule has 5 heteroatoms. The van der Waals surface area contributed by atoms with E-state index < -0.39 is 0 Å². The molecule has 2 aromatic rings. The number of nitrogen functional groups attached to an aromatic ring is 1. The molecule has 0 amide bonds. The number of imidazole rings is 1. The molecule has 0 spiro atoms. The van der Waals surface area contributed by atoms with Crippen LogP contribution in [-0.2, 0) is 12.8 Å². The maximum atomic E-state index is 7.82. The van der Waals surface area contributed by atoms with Crippen LogP contribution in [0.5, 0.6) is 0 Å². The average molecular weight is 269 g/mol. The van der Waals surface area contributed by atoms with Crippen LogP contribution in [0.2, 0.25) is 0 Å². The van der Waals surface area contributed by atoms with Crippen LogP contribution < -0.4 is 5.73 Å². The predicted octanol–water partition coefficient (Wildman–Crippen LogP) is 2.05. The van der Waals surface area contributed by atoms with Gasteiger partial charge in [0.2, 0.25) is 0 Å². The van der Waals surface area contributed by atoms with E-state index in [1.807, 2.05) is 24.5 Å². The largest absolute Gasteiger partial charge is 0.384 e. The van der Waals surface area contributed by atoms with Gasteiger partial charge in [-0.15, -0.1) is 0 Å². The van der Waals surface area contributed by atoms with Crippen molar-refractivity contribution in [2.24, 2.45) is 5.73 Å². The quantitative estimate of drug-likeness (QED) is 0.646. The molecule has 0 saturated heterocycles. The fraction of sp³-hybridized carbons (Fsp3) is 0.400. The number of aromatic nitrogens is 3. The minimum atomic E-state index is 0.0617. The Kier molecular flexibility index (Phi) is 3.04. The summed E-state index contributed by atoms with van der Waals surface area (Å²) in [6.45, 7) is 3.98. The van der Waals surface area contributed by atoms with Crippen molar-refractivity contribution in [3.05, 3.63) is 40.6 Å². The average Bonchev–Trinajstić information content (AvgIpc) is 2.77. The lowest BCUT2D eigenvalue weighted by molar-refractivity contribution is 0.664. The number of amidine groups is 1. The summed E-state index contributed by atoms with van der Waals surface area (Å²) < 4.78 is 1.93. The summed E-state index contributed by atoms with van der Waals surface area (Å²) in [6.07, 6.45) is 6.17. The number of pyridine rings is 1. The molecule has 0 fully saturated rings. The molecule has 2 aromatic heterocycles. The van der Waals surface area contributed by atoms with Crippen LogP contribution in [0.25, 0.3) is 5.82 Å². The molecule has 1 aliphatic rings. The van der Waals surface area contributed by atoms with Gasteiger partial charge in [-0.05, 0) is 51.2 Å². The van der Waals surface area contributed by atoms with Crippen molar-refractivity contribution in [1.82, 2.24) is 14.5 Å². The molecule has 0 aliphatic heterocycles. The Hall–Kier alpha value is -2.17. The Bertz CT molecular complexity index is 684. The number of hydrogen-bond acceptors (Lipinski definition) is 3. The summed E-state index contributed by atoms with van der Waals surface area (Å²) in [5.41, 5.74) is 10.8. The lowest BCUT2D eigenvalue weighted by atomic mass is 9.94. The van der Waals surface area contributed by atoms with E-state index >= 15 is 0 Å². The van der Waals surface area contributed by atoms with Crippen molar-refractivity contribution in [3.63, 3.8) is 0 Å². The van der Waals surface area contributed by atoms with E-state index in [1.165, 1.54) is 18.4 Å². The van der Waals surface area contributed by atoms with Crippen LogP contribution in [0.1, 0.15) is 41.1 Å². The van der Waals surface area contributed by atoms with Gasteiger partial charge in [-0.1, -0.05) is 0 Å². The fourth-order valence-corrected chi connectivity index (χ4v) is 2.72. The van der Waals surface area contributed by atoms with E-state index in [0.29, 0.717) is 5.56 Å². The van der Waals surface area contributed by atoms with E-state index in [9.17, 15) is 0 Å². The molecule has 3 rings (SSSR count). The maximum absolute atomic E-state index is 7.82. The molecular weight excluding hydrogens is 250 g/mol. The Balaban J connectivity index is 2.23. The predicted molar refractivity (Wildman–Crippen MR) is 78.5 cm³/mol. The van der Waals surface area contributed by atoms with Gasteiger partial charge >= 0.3 is 0 Å². The molecule has 0 saturated carbocycles. The van der Waals surface area contributed by atoms with Crippen molar-refractivity contribution in [1.29, 1.82) is 5.41 Å². The number of rotatable bonds is 2. The summed E-state index contributed by atoms with van der Waals surface area (Å²) in [5, 5.41) is 7.82. The number of nitrogens with one attached hydrogen (secondary N) is 1. The third-order valence-corrected chi connectivity index (χ3v) is 4.05. The first-order chi connectivity index (χ1) is 9.58. The Morgan fingerprint density at radius 1 is 1.30 bits per heavy atom. The molecule has 0 atom stereocenters. The van der Waals surface area contributed by atoms with Crippen molar-refractivity contribution in [3.8, 4) is 5.82 Å². The summed E-state index contributed by atoms with van der Waals surface area (Å²) in [5.74, 6) is 0.794. The van der Waals surface area contributed by atoms with Crippen molar-refractivity contribution >= 4 is 5.84 Å². The number of fused-ring (bicyclic) bond motifs is 1. The molecule has 0 bridgehead atoms. The highest BCUT2D eigenvalue weighted by atomic mass is 15.1. The van der Waals surface area contributed by atoms with Gasteiger partial charge in [0, 0.05) is 11.4 Å². The van der Waals surface area contributed by atoms with Gasteiger partial charge in [0.1, 0.15) is 18.0 Å². The van der Waals surface area contributed by atoms with Gasteiger partial charge in [0.05, 0.1) is 11.3 Å². The van der Waals surface area contributed by atoms with E-state index in [1.54, 1.807) is 6.33 Å². The second kappa shape index (κ2) is 4.74. The number of nitrogens with two attached hydrogens (primary N) is 1. The Morgan fingerprint density at radius 2 is 2.05 bits per heavy atom. The smallest absolute Gasteiger partial charge is 0.149 e. The van der Waals surface area contributed by atoms with Crippen molar-refractivity contribution in [2.75, 3.05) is 0 Å². The van der Waals surface area contributed by atoms with Crippen molar-refractivity contribution in [2.45, 2.75) is 39.5 Å². The van der Waals surface area contributed by atoms with E-state index in [4.69, 9.17) is 16.1 Å². The third kappa shape index (κ3) is 1.99. The van der Waals surface area contributed by atoms with Gasteiger partial charge in [0.15, 0.2) is 0 Å². The third-order valence-electron chi connectivity index (χ3n) is 4.05. The Labute approximate surface area is 118 Å². The van der Waals surface area contributed by atoms with Crippen LogP contribution >= 0.6 is 0 Å². The molecule has 20 heavy (non-hydrogen) atoms. The van der Waals surface area contributed by atoms with Gasteiger partial charge in [-0.2, -0.15) is 0 Å². The monoisotopic (exact) mass is 269 g/mol. The SMILES string of the molecule is Cc1ncn(-c2nc3c(cc2C(=N)N)CCCC3)c1C. The summed E-state index contributed by atoms with van der Waals surface area (Å²) >= 11 is 0. The first-order valence-electron chi connectivity index (χ1n) is 6.96. The van der Waals surface area contributed by atoms with Gasteiger partial charge in [-0.25, -0.2) is 9.97 Å². The van der Waals surface area contributed by atoms with E-state index in [0.717, 1.165) is 35.7 Å². The number of hydrogen-bond donors (Lipinski definition) is 2. The molecule has 0 aromatic carbocycles. The summed E-state index contributed by atoms with van der Waals surface area (Å²) in [4.78, 5) is 9.10. The van der Waals surface area contributed by atoms with Crippen LogP contribution in [-0.4, -0.2) is 20.4 Å². The van der Waals surface area contributed by atoms with Gasteiger partial charge in [-0.3, -0.25) is 9.98 Å². The second-order valence-electron chi connectivity index (χ2n) is 5.37. The molecule has 0 unspecified atom stereocenters. The maximum Gasteiger partial charge on any atom is 0.149 e.